The molecule has 0 radical (unpaired) electrons. The Bertz CT molecular complexity index is 235. The zero-order valence-corrected chi connectivity index (χ0v) is 8.68. The number of nitrogens with zero attached hydrogens (tertiary/aromatic N) is 2. The first-order valence-electron chi connectivity index (χ1n) is 4.50. The van der Waals surface area contributed by atoms with Crippen LogP contribution >= 0.6 is 11.8 Å². The van der Waals surface area contributed by atoms with Gasteiger partial charge in [0.25, 0.3) is 0 Å². The van der Waals surface area contributed by atoms with E-state index in [9.17, 15) is 0 Å². The van der Waals surface area contributed by atoms with Gasteiger partial charge in [0.2, 0.25) is 0 Å². The van der Waals surface area contributed by atoms with Crippen LogP contribution in [0.2, 0.25) is 0 Å². The summed E-state index contributed by atoms with van der Waals surface area (Å²) < 4.78 is 0. The van der Waals surface area contributed by atoms with Crippen molar-refractivity contribution in [1.29, 1.82) is 0 Å². The Labute approximate surface area is 83.2 Å². The van der Waals surface area contributed by atoms with E-state index < -0.39 is 0 Å². The van der Waals surface area contributed by atoms with Crippen molar-refractivity contribution in [3.63, 3.8) is 0 Å². The molecule has 0 unspecified atom stereocenters. The van der Waals surface area contributed by atoms with Crippen LogP contribution in [-0.4, -0.2) is 22.3 Å². The van der Waals surface area contributed by atoms with E-state index in [4.69, 9.17) is 5.73 Å². The Hall–Kier alpha value is -0.610. The average Bonchev–Trinajstić information content (AvgIpc) is 2.17. The van der Waals surface area contributed by atoms with Gasteiger partial charge in [-0.25, -0.2) is 9.97 Å². The topological polar surface area (TPSA) is 51.8 Å². The van der Waals surface area contributed by atoms with Crippen molar-refractivity contribution < 1.29 is 0 Å². The van der Waals surface area contributed by atoms with Crippen LogP contribution in [0.4, 0.5) is 0 Å². The fourth-order valence-electron chi connectivity index (χ4n) is 0.907. The Morgan fingerprint density at radius 1 is 1.38 bits per heavy atom. The maximum atomic E-state index is 5.42. The third-order valence-electron chi connectivity index (χ3n) is 1.55. The molecule has 0 amide bonds. The minimum Gasteiger partial charge on any atom is -0.330 e. The lowest BCUT2D eigenvalue weighted by Gasteiger charge is -1.99. The molecular formula is C9H15N3S. The van der Waals surface area contributed by atoms with Crippen LogP contribution in [-0.2, 0) is 6.42 Å². The van der Waals surface area contributed by atoms with Gasteiger partial charge in [-0.2, -0.15) is 0 Å². The average molecular weight is 197 g/mol. The molecule has 13 heavy (non-hydrogen) atoms. The molecule has 0 spiro atoms. The number of rotatable bonds is 5. The van der Waals surface area contributed by atoms with Crippen molar-refractivity contribution in [2.45, 2.75) is 24.9 Å². The van der Waals surface area contributed by atoms with E-state index in [-0.39, 0.29) is 0 Å². The van der Waals surface area contributed by atoms with Gasteiger partial charge in [0, 0.05) is 18.1 Å². The number of hydrogen-bond acceptors (Lipinski definition) is 4. The van der Waals surface area contributed by atoms with Gasteiger partial charge in [-0.05, 0) is 24.9 Å². The molecular weight excluding hydrogens is 182 g/mol. The van der Waals surface area contributed by atoms with Gasteiger partial charge in [-0.15, -0.1) is 0 Å². The quantitative estimate of drug-likeness (QED) is 0.574. The summed E-state index contributed by atoms with van der Waals surface area (Å²) in [5.74, 6) is 1.08. The molecule has 4 heteroatoms. The maximum Gasteiger partial charge on any atom is 0.187 e. The van der Waals surface area contributed by atoms with Crippen LogP contribution in [0, 0.1) is 0 Å². The SMILES string of the molecule is CCCSc1ncc(CCN)cn1. The van der Waals surface area contributed by atoms with Gasteiger partial charge in [0.15, 0.2) is 5.16 Å². The number of aromatic nitrogens is 2. The Morgan fingerprint density at radius 2 is 2.08 bits per heavy atom. The Morgan fingerprint density at radius 3 is 2.62 bits per heavy atom. The lowest BCUT2D eigenvalue weighted by Crippen LogP contribution is -2.03. The first-order valence-corrected chi connectivity index (χ1v) is 5.49. The summed E-state index contributed by atoms with van der Waals surface area (Å²) in [6.07, 6.45) is 5.73. The second kappa shape index (κ2) is 5.94. The van der Waals surface area contributed by atoms with Gasteiger partial charge >= 0.3 is 0 Å². The molecule has 0 aromatic carbocycles. The van der Waals surface area contributed by atoms with E-state index in [1.807, 2.05) is 12.4 Å². The molecule has 0 fully saturated rings. The Kier molecular flexibility index (Phi) is 4.78. The van der Waals surface area contributed by atoms with Crippen LogP contribution < -0.4 is 5.73 Å². The molecule has 0 aliphatic carbocycles. The monoisotopic (exact) mass is 197 g/mol. The smallest absolute Gasteiger partial charge is 0.187 e. The highest BCUT2D eigenvalue weighted by atomic mass is 32.2. The largest absolute Gasteiger partial charge is 0.330 e. The normalized spacial score (nSPS) is 10.3. The summed E-state index contributed by atoms with van der Waals surface area (Å²) in [5.41, 5.74) is 6.53. The molecule has 1 aromatic heterocycles. The predicted molar refractivity (Wildman–Crippen MR) is 55.8 cm³/mol. The molecule has 1 aromatic rings. The van der Waals surface area contributed by atoms with E-state index in [2.05, 4.69) is 16.9 Å². The minimum absolute atomic E-state index is 0.658. The lowest BCUT2D eigenvalue weighted by atomic mass is 10.2. The summed E-state index contributed by atoms with van der Waals surface area (Å²) in [7, 11) is 0. The summed E-state index contributed by atoms with van der Waals surface area (Å²) in [6, 6.07) is 0. The summed E-state index contributed by atoms with van der Waals surface area (Å²) in [4.78, 5) is 8.46. The zero-order chi connectivity index (χ0) is 9.52. The number of nitrogens with two attached hydrogens (primary N) is 1. The minimum atomic E-state index is 0.658. The second-order valence-electron chi connectivity index (χ2n) is 2.76. The van der Waals surface area contributed by atoms with Gasteiger partial charge in [-0.3, -0.25) is 0 Å². The van der Waals surface area contributed by atoms with Crippen molar-refractivity contribution in [3.8, 4) is 0 Å². The van der Waals surface area contributed by atoms with Crippen LogP contribution in [0.5, 0.6) is 0 Å². The molecule has 1 heterocycles. The van der Waals surface area contributed by atoms with Gasteiger partial charge in [-0.1, -0.05) is 18.7 Å². The fourth-order valence-corrected chi connectivity index (χ4v) is 1.55. The summed E-state index contributed by atoms with van der Waals surface area (Å²) in [6.45, 7) is 2.81. The zero-order valence-electron chi connectivity index (χ0n) is 7.86. The fraction of sp³-hybridized carbons (Fsp3) is 0.556. The van der Waals surface area contributed by atoms with Crippen molar-refractivity contribution in [1.82, 2.24) is 9.97 Å². The van der Waals surface area contributed by atoms with E-state index in [1.165, 1.54) is 0 Å². The standard InChI is InChI=1S/C9H15N3S/c1-2-5-13-9-11-6-8(3-4-10)7-12-9/h6-7H,2-5,10H2,1H3. The molecule has 1 rings (SSSR count). The Balaban J connectivity index is 2.48. The van der Waals surface area contributed by atoms with Gasteiger partial charge < -0.3 is 5.73 Å². The number of hydrogen-bond donors (Lipinski definition) is 1. The molecule has 0 saturated heterocycles. The highest BCUT2D eigenvalue weighted by molar-refractivity contribution is 7.99. The molecule has 2 N–H and O–H groups in total. The van der Waals surface area contributed by atoms with Crippen LogP contribution in [0.3, 0.4) is 0 Å². The highest BCUT2D eigenvalue weighted by Gasteiger charge is 1.96. The summed E-state index contributed by atoms with van der Waals surface area (Å²) >= 11 is 1.69. The van der Waals surface area contributed by atoms with Crippen molar-refractivity contribution in [2.24, 2.45) is 5.73 Å². The molecule has 0 bridgehead atoms. The van der Waals surface area contributed by atoms with E-state index in [0.717, 1.165) is 29.3 Å². The maximum absolute atomic E-state index is 5.42. The van der Waals surface area contributed by atoms with Crippen molar-refractivity contribution in [2.75, 3.05) is 12.3 Å². The predicted octanol–water partition coefficient (Wildman–Crippen LogP) is 1.48. The van der Waals surface area contributed by atoms with Crippen LogP contribution in [0.1, 0.15) is 18.9 Å². The van der Waals surface area contributed by atoms with Crippen molar-refractivity contribution >= 4 is 11.8 Å². The molecule has 0 aliphatic rings. The lowest BCUT2D eigenvalue weighted by molar-refractivity contribution is 0.889. The van der Waals surface area contributed by atoms with Crippen LogP contribution in [0.15, 0.2) is 17.6 Å². The first kappa shape index (κ1) is 10.5. The third-order valence-corrected chi connectivity index (χ3v) is 2.63. The van der Waals surface area contributed by atoms with E-state index in [0.29, 0.717) is 6.54 Å². The van der Waals surface area contributed by atoms with Crippen molar-refractivity contribution in [3.05, 3.63) is 18.0 Å². The highest BCUT2D eigenvalue weighted by Crippen LogP contribution is 2.12. The number of thioether (sulfide) groups is 1. The van der Waals surface area contributed by atoms with Gasteiger partial charge in [0.1, 0.15) is 0 Å². The van der Waals surface area contributed by atoms with Crippen LogP contribution in [0.25, 0.3) is 0 Å². The molecule has 3 nitrogen and oxygen atoms in total. The molecule has 0 aliphatic heterocycles. The van der Waals surface area contributed by atoms with E-state index >= 15 is 0 Å². The molecule has 72 valence electrons. The third kappa shape index (κ3) is 3.74. The first-order chi connectivity index (χ1) is 6.36. The summed E-state index contributed by atoms with van der Waals surface area (Å²) in [5, 5.41) is 0.864. The van der Waals surface area contributed by atoms with Gasteiger partial charge in [0.05, 0.1) is 0 Å². The van der Waals surface area contributed by atoms with E-state index in [1.54, 1.807) is 11.8 Å². The molecule has 0 atom stereocenters. The second-order valence-corrected chi connectivity index (χ2v) is 3.82. The molecule has 0 saturated carbocycles.